The van der Waals surface area contributed by atoms with E-state index in [1.807, 2.05) is 24.3 Å². The number of methoxy groups -OCH3 is 1. The van der Waals surface area contributed by atoms with Crippen molar-refractivity contribution in [2.45, 2.75) is 6.54 Å². The molecule has 0 bridgehead atoms. The molecule has 0 atom stereocenters. The maximum Gasteiger partial charge on any atom is 0.276 e. The number of carbonyl (C=O) groups is 1. The third kappa shape index (κ3) is 4.75. The maximum absolute atomic E-state index is 13.2. The fraction of sp³-hybridized carbons (Fsp3) is 0.105. The van der Waals surface area contributed by atoms with Gasteiger partial charge in [0.1, 0.15) is 11.6 Å². The summed E-state index contributed by atoms with van der Waals surface area (Å²) in [5.74, 6) is -1.34. The van der Waals surface area contributed by atoms with Gasteiger partial charge in [-0.25, -0.2) is 8.78 Å². The van der Waals surface area contributed by atoms with E-state index in [2.05, 4.69) is 20.8 Å². The number of rotatable bonds is 6. The Balaban J connectivity index is 1.58. The fourth-order valence-corrected chi connectivity index (χ4v) is 2.25. The van der Waals surface area contributed by atoms with E-state index in [1.54, 1.807) is 13.2 Å². The quantitative estimate of drug-likeness (QED) is 0.693. The van der Waals surface area contributed by atoms with Gasteiger partial charge in [-0.2, -0.15) is 0 Å². The van der Waals surface area contributed by atoms with Crippen LogP contribution in [0.4, 0.5) is 20.3 Å². The van der Waals surface area contributed by atoms with E-state index < -0.39 is 17.5 Å². The number of hydrogen-bond donors (Lipinski definition) is 2. The smallest absolute Gasteiger partial charge is 0.276 e. The number of ether oxygens (including phenoxy) is 1. The molecule has 0 radical (unpaired) electrons. The first-order chi connectivity index (χ1) is 13.0. The van der Waals surface area contributed by atoms with Crippen LogP contribution in [0, 0.1) is 11.6 Å². The lowest BCUT2D eigenvalue weighted by Gasteiger charge is -2.07. The molecule has 2 aromatic carbocycles. The van der Waals surface area contributed by atoms with Crippen LogP contribution in [0.25, 0.3) is 0 Å². The Morgan fingerprint density at radius 1 is 1.00 bits per heavy atom. The Morgan fingerprint density at radius 3 is 2.41 bits per heavy atom. The molecule has 6 nitrogen and oxygen atoms in total. The average molecular weight is 370 g/mol. The molecule has 1 aromatic heterocycles. The van der Waals surface area contributed by atoms with E-state index in [0.29, 0.717) is 12.4 Å². The van der Waals surface area contributed by atoms with Crippen LogP contribution in [0.3, 0.4) is 0 Å². The number of hydrogen-bond acceptors (Lipinski definition) is 5. The Morgan fingerprint density at radius 2 is 1.78 bits per heavy atom. The zero-order chi connectivity index (χ0) is 19.2. The number of carbonyl (C=O) groups excluding carboxylic acids is 1. The van der Waals surface area contributed by atoms with E-state index in [0.717, 1.165) is 23.4 Å². The van der Waals surface area contributed by atoms with Crippen LogP contribution < -0.4 is 15.4 Å². The SMILES string of the molecule is COc1ccc(CNc2ccc(C(=O)Nc3ccc(F)c(F)c3)nn2)cc1. The third-order valence-corrected chi connectivity index (χ3v) is 3.71. The summed E-state index contributed by atoms with van der Waals surface area (Å²) in [6.45, 7) is 0.527. The van der Waals surface area contributed by atoms with Gasteiger partial charge in [0.15, 0.2) is 17.3 Å². The van der Waals surface area contributed by atoms with Crippen molar-refractivity contribution in [3.8, 4) is 5.75 Å². The van der Waals surface area contributed by atoms with Crippen LogP contribution in [0.5, 0.6) is 5.75 Å². The topological polar surface area (TPSA) is 76.1 Å². The van der Waals surface area contributed by atoms with E-state index in [9.17, 15) is 13.6 Å². The van der Waals surface area contributed by atoms with E-state index >= 15 is 0 Å². The Hall–Kier alpha value is -3.55. The number of benzene rings is 2. The van der Waals surface area contributed by atoms with Crippen molar-refractivity contribution in [1.82, 2.24) is 10.2 Å². The lowest BCUT2D eigenvalue weighted by atomic mass is 10.2. The highest BCUT2D eigenvalue weighted by Crippen LogP contribution is 2.15. The highest BCUT2D eigenvalue weighted by molar-refractivity contribution is 6.02. The molecule has 0 aliphatic heterocycles. The van der Waals surface area contributed by atoms with Crippen LogP contribution in [-0.2, 0) is 6.54 Å². The van der Waals surface area contributed by atoms with Gasteiger partial charge in [-0.3, -0.25) is 4.79 Å². The second-order valence-corrected chi connectivity index (χ2v) is 5.59. The molecular formula is C19H16F2N4O2. The molecule has 0 spiro atoms. The molecule has 0 saturated carbocycles. The summed E-state index contributed by atoms with van der Waals surface area (Å²) >= 11 is 0. The first kappa shape index (κ1) is 18.2. The number of nitrogens with one attached hydrogen (secondary N) is 2. The normalized spacial score (nSPS) is 10.3. The molecule has 1 amide bonds. The van der Waals surface area contributed by atoms with Crippen LogP contribution in [-0.4, -0.2) is 23.2 Å². The molecule has 0 aliphatic carbocycles. The Bertz CT molecular complexity index is 931. The van der Waals surface area contributed by atoms with Gasteiger partial charge in [0, 0.05) is 18.3 Å². The van der Waals surface area contributed by atoms with Gasteiger partial charge in [0.05, 0.1) is 7.11 Å². The molecule has 3 aromatic rings. The van der Waals surface area contributed by atoms with Gasteiger partial charge < -0.3 is 15.4 Å². The summed E-state index contributed by atoms with van der Waals surface area (Å²) < 4.78 is 31.2. The molecular weight excluding hydrogens is 354 g/mol. The monoisotopic (exact) mass is 370 g/mol. The molecule has 8 heteroatoms. The summed E-state index contributed by atoms with van der Waals surface area (Å²) in [7, 11) is 1.60. The van der Waals surface area contributed by atoms with Crippen molar-refractivity contribution in [2.75, 3.05) is 17.7 Å². The van der Waals surface area contributed by atoms with Crippen molar-refractivity contribution < 1.29 is 18.3 Å². The highest BCUT2D eigenvalue weighted by Gasteiger charge is 2.10. The van der Waals surface area contributed by atoms with Crippen molar-refractivity contribution in [3.63, 3.8) is 0 Å². The molecule has 0 unspecified atom stereocenters. The highest BCUT2D eigenvalue weighted by atomic mass is 19.2. The standard InChI is InChI=1S/C19H16F2N4O2/c1-27-14-5-2-12(3-6-14)11-22-18-9-8-17(24-25-18)19(26)23-13-4-7-15(20)16(21)10-13/h2-10H,11H2,1H3,(H,22,25)(H,23,26). The first-order valence-electron chi connectivity index (χ1n) is 8.02. The number of halogens is 2. The predicted octanol–water partition coefficient (Wildman–Crippen LogP) is 3.63. The third-order valence-electron chi connectivity index (χ3n) is 3.71. The zero-order valence-electron chi connectivity index (χ0n) is 14.4. The largest absolute Gasteiger partial charge is 0.497 e. The first-order valence-corrected chi connectivity index (χ1v) is 8.02. The zero-order valence-corrected chi connectivity index (χ0v) is 14.4. The minimum Gasteiger partial charge on any atom is -0.497 e. The number of nitrogens with zero attached hydrogens (tertiary/aromatic N) is 2. The molecule has 0 aliphatic rings. The van der Waals surface area contributed by atoms with Crippen LogP contribution in [0.1, 0.15) is 16.1 Å². The van der Waals surface area contributed by atoms with Crippen molar-refractivity contribution in [3.05, 3.63) is 77.5 Å². The minimum atomic E-state index is -1.04. The summed E-state index contributed by atoms with van der Waals surface area (Å²) in [6.07, 6.45) is 0. The van der Waals surface area contributed by atoms with Crippen LogP contribution >= 0.6 is 0 Å². The lowest BCUT2D eigenvalue weighted by Crippen LogP contribution is -2.15. The molecule has 27 heavy (non-hydrogen) atoms. The predicted molar refractivity (Wildman–Crippen MR) is 96.7 cm³/mol. The van der Waals surface area contributed by atoms with Gasteiger partial charge in [-0.05, 0) is 42.0 Å². The Kier molecular flexibility index (Phi) is 5.55. The molecule has 0 saturated heterocycles. The average Bonchev–Trinajstić information content (AvgIpc) is 2.70. The summed E-state index contributed by atoms with van der Waals surface area (Å²) in [6, 6.07) is 13.7. The van der Waals surface area contributed by atoms with Gasteiger partial charge in [0.2, 0.25) is 0 Å². The molecule has 2 N–H and O–H groups in total. The van der Waals surface area contributed by atoms with Gasteiger partial charge in [0.25, 0.3) is 5.91 Å². The summed E-state index contributed by atoms with van der Waals surface area (Å²) in [5.41, 5.74) is 1.20. The number of anilines is 2. The van der Waals surface area contributed by atoms with Crippen LogP contribution in [0.15, 0.2) is 54.6 Å². The van der Waals surface area contributed by atoms with E-state index in [1.165, 1.54) is 12.1 Å². The Labute approximate surface area is 154 Å². The van der Waals surface area contributed by atoms with Gasteiger partial charge >= 0.3 is 0 Å². The van der Waals surface area contributed by atoms with E-state index in [4.69, 9.17) is 4.74 Å². The molecule has 0 fully saturated rings. The van der Waals surface area contributed by atoms with E-state index in [-0.39, 0.29) is 11.4 Å². The molecule has 1 heterocycles. The van der Waals surface area contributed by atoms with Crippen molar-refractivity contribution in [1.29, 1.82) is 0 Å². The lowest BCUT2D eigenvalue weighted by molar-refractivity contribution is 0.102. The number of aromatic nitrogens is 2. The maximum atomic E-state index is 13.2. The van der Waals surface area contributed by atoms with Gasteiger partial charge in [-0.15, -0.1) is 10.2 Å². The second kappa shape index (κ2) is 8.22. The molecule has 138 valence electrons. The number of amides is 1. The summed E-state index contributed by atoms with van der Waals surface area (Å²) in [5, 5.41) is 13.3. The minimum absolute atomic E-state index is 0.0507. The van der Waals surface area contributed by atoms with Gasteiger partial charge in [-0.1, -0.05) is 12.1 Å². The van der Waals surface area contributed by atoms with Crippen molar-refractivity contribution in [2.24, 2.45) is 0 Å². The second-order valence-electron chi connectivity index (χ2n) is 5.59. The molecule has 3 rings (SSSR count). The fourth-order valence-electron chi connectivity index (χ4n) is 2.25. The summed E-state index contributed by atoms with van der Waals surface area (Å²) in [4.78, 5) is 12.1. The van der Waals surface area contributed by atoms with Crippen molar-refractivity contribution >= 4 is 17.4 Å². The van der Waals surface area contributed by atoms with Crippen LogP contribution in [0.2, 0.25) is 0 Å².